The summed E-state index contributed by atoms with van der Waals surface area (Å²) >= 11 is 0. The number of hydrogen-bond donors (Lipinski definition) is 1. The van der Waals surface area contributed by atoms with E-state index in [0.29, 0.717) is 0 Å². The second-order valence-electron chi connectivity index (χ2n) is 3.71. The van der Waals surface area contributed by atoms with Gasteiger partial charge in [0.05, 0.1) is 0 Å². The highest BCUT2D eigenvalue weighted by Crippen LogP contribution is 2.24. The van der Waals surface area contributed by atoms with Crippen LogP contribution in [0.1, 0.15) is 30.9 Å². The second-order valence-corrected chi connectivity index (χ2v) is 3.71. The van der Waals surface area contributed by atoms with Crippen LogP contribution >= 0.6 is 12.4 Å². The largest absolute Gasteiger partial charge is 0.310 e. The first-order chi connectivity index (χ1) is 6.75. The van der Waals surface area contributed by atoms with Crippen molar-refractivity contribution < 1.29 is 8.78 Å². The van der Waals surface area contributed by atoms with Gasteiger partial charge in [0.25, 0.3) is 0 Å². The molecule has 1 fully saturated rings. The quantitative estimate of drug-likeness (QED) is 0.786. The lowest BCUT2D eigenvalue weighted by Crippen LogP contribution is -2.26. The van der Waals surface area contributed by atoms with Crippen LogP contribution in [0.4, 0.5) is 8.78 Å². The zero-order valence-corrected chi connectivity index (χ0v) is 9.12. The van der Waals surface area contributed by atoms with Crippen LogP contribution in [0.3, 0.4) is 0 Å². The van der Waals surface area contributed by atoms with Crippen molar-refractivity contribution in [1.82, 2.24) is 5.32 Å². The molecule has 1 aromatic rings. The van der Waals surface area contributed by atoms with Crippen molar-refractivity contribution in [2.45, 2.75) is 25.3 Å². The van der Waals surface area contributed by atoms with Crippen molar-refractivity contribution in [2.24, 2.45) is 0 Å². The minimum Gasteiger partial charge on any atom is -0.310 e. The van der Waals surface area contributed by atoms with Gasteiger partial charge in [0.15, 0.2) is 0 Å². The summed E-state index contributed by atoms with van der Waals surface area (Å²) in [5.41, 5.74) is 0.724. The molecule has 1 aliphatic rings. The van der Waals surface area contributed by atoms with Gasteiger partial charge in [-0.3, -0.25) is 0 Å². The molecule has 2 rings (SSSR count). The first kappa shape index (κ1) is 12.4. The molecule has 0 bridgehead atoms. The van der Waals surface area contributed by atoms with Gasteiger partial charge in [0.1, 0.15) is 11.6 Å². The highest BCUT2D eigenvalue weighted by molar-refractivity contribution is 5.85. The average Bonchev–Trinajstić information content (AvgIpc) is 2.18. The first-order valence-corrected chi connectivity index (χ1v) is 4.95. The third-order valence-corrected chi connectivity index (χ3v) is 2.60. The number of benzene rings is 1. The molecule has 1 unspecified atom stereocenters. The van der Waals surface area contributed by atoms with Crippen LogP contribution in [0.15, 0.2) is 18.2 Å². The molecule has 1 aromatic carbocycles. The Morgan fingerprint density at radius 3 is 2.27 bits per heavy atom. The van der Waals surface area contributed by atoms with Crippen molar-refractivity contribution >= 4 is 12.4 Å². The molecule has 84 valence electrons. The smallest absolute Gasteiger partial charge is 0.126 e. The van der Waals surface area contributed by atoms with E-state index in [1.54, 1.807) is 0 Å². The highest BCUT2D eigenvalue weighted by atomic mass is 35.5. The van der Waals surface area contributed by atoms with Crippen molar-refractivity contribution in [3.05, 3.63) is 35.4 Å². The SMILES string of the molecule is Cl.Fc1cc(F)cc(C2CCCCN2)c1. The third kappa shape index (κ3) is 3.14. The summed E-state index contributed by atoms with van der Waals surface area (Å²) < 4.78 is 25.8. The van der Waals surface area contributed by atoms with E-state index in [-0.39, 0.29) is 18.4 Å². The van der Waals surface area contributed by atoms with Crippen LogP contribution in [0.25, 0.3) is 0 Å². The van der Waals surface area contributed by atoms with E-state index >= 15 is 0 Å². The fourth-order valence-corrected chi connectivity index (χ4v) is 1.91. The lowest BCUT2D eigenvalue weighted by molar-refractivity contribution is 0.409. The van der Waals surface area contributed by atoms with Crippen molar-refractivity contribution in [3.8, 4) is 0 Å². The molecule has 1 aliphatic heterocycles. The van der Waals surface area contributed by atoms with Gasteiger partial charge in [-0.25, -0.2) is 8.78 Å². The van der Waals surface area contributed by atoms with Crippen LogP contribution < -0.4 is 5.32 Å². The molecule has 0 saturated carbocycles. The van der Waals surface area contributed by atoms with E-state index in [9.17, 15) is 8.78 Å². The molecule has 1 N–H and O–H groups in total. The normalized spacial score (nSPS) is 20.8. The van der Waals surface area contributed by atoms with Crippen molar-refractivity contribution in [3.63, 3.8) is 0 Å². The molecular formula is C11H14ClF2N. The number of piperidine rings is 1. The predicted molar refractivity (Wildman–Crippen MR) is 58.2 cm³/mol. The number of rotatable bonds is 1. The Morgan fingerprint density at radius 2 is 1.73 bits per heavy atom. The molecule has 15 heavy (non-hydrogen) atoms. The van der Waals surface area contributed by atoms with Crippen LogP contribution in [0.2, 0.25) is 0 Å². The van der Waals surface area contributed by atoms with Crippen molar-refractivity contribution in [1.29, 1.82) is 0 Å². The van der Waals surface area contributed by atoms with E-state index in [4.69, 9.17) is 0 Å². The van der Waals surface area contributed by atoms with Gasteiger partial charge in [-0.15, -0.1) is 12.4 Å². The third-order valence-electron chi connectivity index (χ3n) is 2.60. The Hall–Kier alpha value is -0.670. The Morgan fingerprint density at radius 1 is 1.07 bits per heavy atom. The lowest BCUT2D eigenvalue weighted by atomic mass is 9.97. The van der Waals surface area contributed by atoms with Gasteiger partial charge in [0.2, 0.25) is 0 Å². The summed E-state index contributed by atoms with van der Waals surface area (Å²) in [6, 6.07) is 3.85. The monoisotopic (exact) mass is 233 g/mol. The fraction of sp³-hybridized carbons (Fsp3) is 0.455. The van der Waals surface area contributed by atoms with Gasteiger partial charge in [-0.05, 0) is 37.1 Å². The molecule has 4 heteroatoms. The van der Waals surface area contributed by atoms with Gasteiger partial charge >= 0.3 is 0 Å². The maximum atomic E-state index is 12.9. The van der Waals surface area contributed by atoms with E-state index in [2.05, 4.69) is 5.32 Å². The molecule has 1 atom stereocenters. The van der Waals surface area contributed by atoms with Crippen LogP contribution in [-0.2, 0) is 0 Å². The van der Waals surface area contributed by atoms with E-state index in [1.165, 1.54) is 12.1 Å². The fourth-order valence-electron chi connectivity index (χ4n) is 1.91. The molecule has 0 amide bonds. The summed E-state index contributed by atoms with van der Waals surface area (Å²) in [6.07, 6.45) is 3.23. The van der Waals surface area contributed by atoms with Crippen molar-refractivity contribution in [2.75, 3.05) is 6.54 Å². The Bertz CT molecular complexity index is 304. The minimum absolute atomic E-state index is 0. The summed E-state index contributed by atoms with van der Waals surface area (Å²) in [5, 5.41) is 3.26. The first-order valence-electron chi connectivity index (χ1n) is 4.95. The molecule has 1 heterocycles. The summed E-state index contributed by atoms with van der Waals surface area (Å²) in [5.74, 6) is -0.986. The Kier molecular flexibility index (Phi) is 4.48. The zero-order chi connectivity index (χ0) is 9.97. The average molecular weight is 234 g/mol. The molecular weight excluding hydrogens is 220 g/mol. The predicted octanol–water partition coefficient (Wildman–Crippen LogP) is 3.20. The number of halogens is 3. The topological polar surface area (TPSA) is 12.0 Å². The van der Waals surface area contributed by atoms with E-state index < -0.39 is 11.6 Å². The van der Waals surface area contributed by atoms with E-state index in [1.807, 2.05) is 0 Å². The van der Waals surface area contributed by atoms with Gasteiger partial charge in [-0.2, -0.15) is 0 Å². The summed E-state index contributed by atoms with van der Waals surface area (Å²) in [6.45, 7) is 0.933. The summed E-state index contributed by atoms with van der Waals surface area (Å²) in [7, 11) is 0. The van der Waals surface area contributed by atoms with Crippen LogP contribution in [0, 0.1) is 11.6 Å². The molecule has 0 radical (unpaired) electrons. The molecule has 1 nitrogen and oxygen atoms in total. The molecule has 1 saturated heterocycles. The Labute approximate surface area is 94.3 Å². The Balaban J connectivity index is 0.00000112. The van der Waals surface area contributed by atoms with Crippen LogP contribution in [0.5, 0.6) is 0 Å². The highest BCUT2D eigenvalue weighted by Gasteiger charge is 2.15. The van der Waals surface area contributed by atoms with E-state index in [0.717, 1.165) is 37.4 Å². The lowest BCUT2D eigenvalue weighted by Gasteiger charge is -2.23. The second kappa shape index (κ2) is 5.42. The number of hydrogen-bond acceptors (Lipinski definition) is 1. The maximum absolute atomic E-state index is 12.9. The molecule has 0 aromatic heterocycles. The maximum Gasteiger partial charge on any atom is 0.126 e. The van der Waals surface area contributed by atoms with Gasteiger partial charge in [-0.1, -0.05) is 6.42 Å². The van der Waals surface area contributed by atoms with Crippen LogP contribution in [-0.4, -0.2) is 6.54 Å². The minimum atomic E-state index is -0.493. The van der Waals surface area contributed by atoms with Gasteiger partial charge < -0.3 is 5.32 Å². The zero-order valence-electron chi connectivity index (χ0n) is 8.30. The molecule has 0 spiro atoms. The van der Waals surface area contributed by atoms with Gasteiger partial charge in [0, 0.05) is 12.1 Å². The number of nitrogens with one attached hydrogen (secondary N) is 1. The summed E-state index contributed by atoms with van der Waals surface area (Å²) in [4.78, 5) is 0. The molecule has 0 aliphatic carbocycles. The standard InChI is InChI=1S/C11H13F2N.ClH/c12-9-5-8(6-10(13)7-9)11-3-1-2-4-14-11;/h5-7,11,14H,1-4H2;1H.